The zero-order valence-electron chi connectivity index (χ0n) is 19.6. The molecule has 0 unspecified atom stereocenters. The molecular formula is C24H28N2O8. The van der Waals surface area contributed by atoms with Crippen molar-refractivity contribution in [3.8, 4) is 0 Å². The monoisotopic (exact) mass is 472 g/mol. The molecule has 2 saturated carbocycles. The first-order valence-electron chi connectivity index (χ1n) is 11.3. The number of esters is 3. The number of Topliss-reactive ketones (excluding diaryl/α,β-unsaturated/α-hetero) is 2. The second kappa shape index (κ2) is 8.56. The van der Waals surface area contributed by atoms with Gasteiger partial charge in [-0.2, -0.15) is 0 Å². The molecule has 2 heterocycles. The lowest BCUT2D eigenvalue weighted by atomic mass is 9.43. The number of nitrogens with zero attached hydrogens (tertiary/aromatic N) is 2. The van der Waals surface area contributed by atoms with Crippen molar-refractivity contribution in [3.05, 3.63) is 24.3 Å². The molecule has 1 aliphatic heterocycles. The van der Waals surface area contributed by atoms with Crippen LogP contribution in [0.4, 0.5) is 0 Å². The smallest absolute Gasteiger partial charge is 0.310 e. The molecule has 34 heavy (non-hydrogen) atoms. The predicted molar refractivity (Wildman–Crippen MR) is 114 cm³/mol. The van der Waals surface area contributed by atoms with Gasteiger partial charge >= 0.3 is 17.9 Å². The average molecular weight is 472 g/mol. The molecule has 0 amide bonds. The Hall–Kier alpha value is -3.17. The van der Waals surface area contributed by atoms with Crippen LogP contribution in [0.3, 0.4) is 0 Å². The van der Waals surface area contributed by atoms with Crippen LogP contribution < -0.4 is 0 Å². The van der Waals surface area contributed by atoms with Gasteiger partial charge in [-0.25, -0.2) is 4.98 Å². The fraction of sp³-hybridized carbons (Fsp3) is 0.625. The van der Waals surface area contributed by atoms with E-state index in [2.05, 4.69) is 9.97 Å². The molecule has 1 saturated heterocycles. The molecule has 0 radical (unpaired) electrons. The lowest BCUT2D eigenvalue weighted by molar-refractivity contribution is -0.206. The van der Waals surface area contributed by atoms with Crippen molar-refractivity contribution in [3.63, 3.8) is 0 Å². The molecule has 7 atom stereocenters. The highest BCUT2D eigenvalue weighted by molar-refractivity contribution is 6.00. The van der Waals surface area contributed by atoms with Gasteiger partial charge in [-0.1, -0.05) is 13.8 Å². The molecule has 0 bridgehead atoms. The number of fused-ring (bicyclic) bond motifs is 3. The minimum Gasteiger partial charge on any atom is -0.469 e. The van der Waals surface area contributed by atoms with Crippen molar-refractivity contribution in [2.24, 2.45) is 28.6 Å². The molecule has 3 aliphatic rings. The van der Waals surface area contributed by atoms with Crippen LogP contribution in [-0.4, -0.2) is 58.8 Å². The van der Waals surface area contributed by atoms with Gasteiger partial charge < -0.3 is 14.2 Å². The predicted octanol–water partition coefficient (Wildman–Crippen LogP) is 1.71. The van der Waals surface area contributed by atoms with Gasteiger partial charge in [-0.15, -0.1) is 0 Å². The van der Waals surface area contributed by atoms with Gasteiger partial charge in [0.2, 0.25) is 5.78 Å². The molecule has 10 nitrogen and oxygen atoms in total. The second-order valence-electron chi connectivity index (χ2n) is 9.93. The van der Waals surface area contributed by atoms with Gasteiger partial charge in [-0.05, 0) is 30.1 Å². The molecule has 2 aliphatic carbocycles. The van der Waals surface area contributed by atoms with E-state index in [-0.39, 0.29) is 24.3 Å². The summed E-state index contributed by atoms with van der Waals surface area (Å²) in [5.74, 6) is -4.72. The third-order valence-electron chi connectivity index (χ3n) is 8.00. The van der Waals surface area contributed by atoms with Gasteiger partial charge in [-0.3, -0.25) is 29.0 Å². The van der Waals surface area contributed by atoms with E-state index in [9.17, 15) is 24.0 Å². The lowest BCUT2D eigenvalue weighted by Crippen LogP contribution is -2.65. The van der Waals surface area contributed by atoms with Crippen molar-refractivity contribution >= 4 is 29.5 Å². The first kappa shape index (κ1) is 24.0. The van der Waals surface area contributed by atoms with Gasteiger partial charge in [0.25, 0.3) is 0 Å². The summed E-state index contributed by atoms with van der Waals surface area (Å²) in [7, 11) is 1.28. The van der Waals surface area contributed by atoms with Crippen molar-refractivity contribution in [1.82, 2.24) is 9.97 Å². The Bertz CT molecular complexity index is 1040. The molecular weight excluding hydrogens is 444 g/mol. The van der Waals surface area contributed by atoms with E-state index in [1.54, 1.807) is 6.92 Å². The van der Waals surface area contributed by atoms with E-state index in [1.165, 1.54) is 32.6 Å². The van der Waals surface area contributed by atoms with E-state index in [1.807, 2.05) is 6.92 Å². The minimum absolute atomic E-state index is 0.0191. The van der Waals surface area contributed by atoms with Gasteiger partial charge in [0.1, 0.15) is 5.69 Å². The molecule has 3 fully saturated rings. The lowest BCUT2D eigenvalue weighted by Gasteiger charge is -2.60. The summed E-state index contributed by atoms with van der Waals surface area (Å²) >= 11 is 0. The molecule has 10 heteroatoms. The van der Waals surface area contributed by atoms with Crippen molar-refractivity contribution in [2.75, 3.05) is 7.11 Å². The van der Waals surface area contributed by atoms with Gasteiger partial charge in [0, 0.05) is 31.7 Å². The van der Waals surface area contributed by atoms with E-state index in [4.69, 9.17) is 14.2 Å². The standard InChI is InChI=1S/C24H28N2O8/c1-12(27)33-16-9-14(21(30)32-4)23(2)6-5-13-22(31)34-17(10-24(13,3)20(23)19(16)29)18(28)15-11-25-7-8-26-15/h7-8,11,13-14,16-17,20H,5-6,9-10H2,1-4H3/t13-,14-,16-,17-,20-,23-,24-/m0/s1. The van der Waals surface area contributed by atoms with Crippen LogP contribution in [0.1, 0.15) is 56.9 Å². The van der Waals surface area contributed by atoms with Crippen LogP contribution in [0.25, 0.3) is 0 Å². The Morgan fingerprint density at radius 3 is 2.50 bits per heavy atom. The number of aromatic nitrogens is 2. The third kappa shape index (κ3) is 3.69. The van der Waals surface area contributed by atoms with E-state index in [0.29, 0.717) is 12.8 Å². The number of methoxy groups -OCH3 is 1. The quantitative estimate of drug-likeness (QED) is 0.361. The summed E-state index contributed by atoms with van der Waals surface area (Å²) in [5.41, 5.74) is -1.79. The molecule has 1 aromatic rings. The normalized spacial score (nSPS) is 37.0. The van der Waals surface area contributed by atoms with Crippen LogP contribution in [0.2, 0.25) is 0 Å². The highest BCUT2D eigenvalue weighted by Gasteiger charge is 2.68. The van der Waals surface area contributed by atoms with E-state index >= 15 is 0 Å². The molecule has 0 spiro atoms. The molecule has 182 valence electrons. The van der Waals surface area contributed by atoms with Crippen LogP contribution in [0.15, 0.2) is 18.6 Å². The van der Waals surface area contributed by atoms with Gasteiger partial charge in [0.05, 0.1) is 25.1 Å². The zero-order valence-corrected chi connectivity index (χ0v) is 19.6. The summed E-state index contributed by atoms with van der Waals surface area (Å²) in [6.45, 7) is 4.84. The summed E-state index contributed by atoms with van der Waals surface area (Å²) in [5, 5.41) is 0. The first-order valence-corrected chi connectivity index (χ1v) is 11.3. The Morgan fingerprint density at radius 1 is 1.15 bits per heavy atom. The number of carbonyl (C=O) groups is 5. The number of ketones is 2. The number of hydrogen-bond acceptors (Lipinski definition) is 10. The number of hydrogen-bond donors (Lipinski definition) is 0. The maximum Gasteiger partial charge on any atom is 0.310 e. The van der Waals surface area contributed by atoms with E-state index in [0.717, 1.165) is 0 Å². The van der Waals surface area contributed by atoms with Crippen LogP contribution in [0, 0.1) is 28.6 Å². The Balaban J connectivity index is 1.77. The summed E-state index contributed by atoms with van der Waals surface area (Å²) in [6, 6.07) is 0. The van der Waals surface area contributed by atoms with E-state index < -0.39 is 64.5 Å². The fourth-order valence-electron chi connectivity index (χ4n) is 6.56. The van der Waals surface area contributed by atoms with Gasteiger partial charge in [0.15, 0.2) is 18.0 Å². The molecule has 0 aromatic carbocycles. The van der Waals surface area contributed by atoms with Crippen molar-refractivity contribution in [1.29, 1.82) is 0 Å². The molecule has 1 aromatic heterocycles. The highest BCUT2D eigenvalue weighted by Crippen LogP contribution is 2.64. The van der Waals surface area contributed by atoms with Crippen molar-refractivity contribution < 1.29 is 38.2 Å². The molecule has 0 N–H and O–H groups in total. The van der Waals surface area contributed by atoms with Crippen LogP contribution >= 0.6 is 0 Å². The summed E-state index contributed by atoms with van der Waals surface area (Å²) < 4.78 is 15.9. The number of rotatable bonds is 4. The summed E-state index contributed by atoms with van der Waals surface area (Å²) in [4.78, 5) is 72.5. The summed E-state index contributed by atoms with van der Waals surface area (Å²) in [6.07, 6.45) is 2.71. The zero-order chi connectivity index (χ0) is 24.8. The minimum atomic E-state index is -1.15. The number of carbonyl (C=O) groups excluding carboxylic acids is 5. The van der Waals surface area contributed by atoms with Crippen LogP contribution in [0.5, 0.6) is 0 Å². The Morgan fingerprint density at radius 2 is 1.88 bits per heavy atom. The topological polar surface area (TPSA) is 139 Å². The SMILES string of the molecule is COC(=O)[C@@H]1C[C@H](OC(C)=O)C(=O)[C@H]2[C@@]1(C)CC[C@H]1C(=O)O[C@H](C(=O)c3cnccn3)C[C@]21C. The number of ether oxygens (including phenoxy) is 3. The van der Waals surface area contributed by atoms with Crippen molar-refractivity contribution in [2.45, 2.75) is 58.7 Å². The largest absolute Gasteiger partial charge is 0.469 e. The van der Waals surface area contributed by atoms with Crippen LogP contribution in [-0.2, 0) is 33.4 Å². The maximum absolute atomic E-state index is 13.8. The third-order valence-corrected chi connectivity index (χ3v) is 8.00. The Labute approximate surface area is 196 Å². The Kier molecular flexibility index (Phi) is 6.03. The second-order valence-corrected chi connectivity index (χ2v) is 9.93. The highest BCUT2D eigenvalue weighted by atomic mass is 16.6. The first-order chi connectivity index (χ1) is 16.0. The maximum atomic E-state index is 13.8. The molecule has 4 rings (SSSR count). The fourth-order valence-corrected chi connectivity index (χ4v) is 6.56. The average Bonchev–Trinajstić information content (AvgIpc) is 2.79. The number of cyclic esters (lactones) is 1.